The van der Waals surface area contributed by atoms with Crippen LogP contribution in [0.15, 0.2) is 47.9 Å². The zero-order valence-electron chi connectivity index (χ0n) is 17.1. The lowest BCUT2D eigenvalue weighted by Gasteiger charge is -2.29. The molecular weight excluding hydrogens is 404 g/mol. The fourth-order valence-corrected chi connectivity index (χ4v) is 4.15. The number of nitrogens with one attached hydrogen (secondary N) is 1. The number of carbonyl (C=O) groups is 1. The van der Waals surface area contributed by atoms with Gasteiger partial charge in [-0.25, -0.2) is 13.1 Å². The molecule has 0 aliphatic carbocycles. The molecule has 160 valence electrons. The lowest BCUT2D eigenvalue weighted by atomic mass is 9.98. The van der Waals surface area contributed by atoms with E-state index in [0.717, 1.165) is 22.1 Å². The Morgan fingerprint density at radius 1 is 1.10 bits per heavy atom. The molecule has 0 saturated carbocycles. The van der Waals surface area contributed by atoms with Gasteiger partial charge in [-0.1, -0.05) is 30.3 Å². The fourth-order valence-electron chi connectivity index (χ4n) is 3.33. The van der Waals surface area contributed by atoms with Gasteiger partial charge in [0.2, 0.25) is 15.9 Å². The topological polar surface area (TPSA) is 84.9 Å². The van der Waals surface area contributed by atoms with Gasteiger partial charge in [0.1, 0.15) is 0 Å². The number of hydrogen-bond donors (Lipinski definition) is 1. The molecule has 30 heavy (non-hydrogen) atoms. The van der Waals surface area contributed by atoms with Crippen LogP contribution in [0.5, 0.6) is 11.5 Å². The van der Waals surface area contributed by atoms with Crippen molar-refractivity contribution in [1.82, 2.24) is 9.62 Å². The first kappa shape index (κ1) is 21.9. The number of ether oxygens (including phenoxy) is 2. The van der Waals surface area contributed by atoms with Crippen LogP contribution in [0.1, 0.15) is 23.1 Å². The molecule has 3 rings (SSSR count). The van der Waals surface area contributed by atoms with Crippen LogP contribution >= 0.6 is 0 Å². The zero-order valence-corrected chi connectivity index (χ0v) is 17.9. The van der Waals surface area contributed by atoms with Crippen LogP contribution < -0.4 is 14.2 Å². The highest BCUT2D eigenvalue weighted by molar-refractivity contribution is 7.92. The van der Waals surface area contributed by atoms with Crippen molar-refractivity contribution in [2.75, 3.05) is 27.3 Å². The van der Waals surface area contributed by atoms with Gasteiger partial charge in [-0.15, -0.1) is 0 Å². The molecule has 0 bridgehead atoms. The number of carbonyl (C=O) groups excluding carboxylic acids is 1. The van der Waals surface area contributed by atoms with Crippen molar-refractivity contribution < 1.29 is 22.7 Å². The lowest BCUT2D eigenvalue weighted by Crippen LogP contribution is -2.37. The average molecular weight is 431 g/mol. The van der Waals surface area contributed by atoms with E-state index in [0.29, 0.717) is 31.0 Å². The van der Waals surface area contributed by atoms with E-state index in [-0.39, 0.29) is 18.9 Å². The summed E-state index contributed by atoms with van der Waals surface area (Å²) in [7, 11) is -0.429. The third-order valence-electron chi connectivity index (χ3n) is 4.95. The summed E-state index contributed by atoms with van der Waals surface area (Å²) < 4.78 is 37.3. The van der Waals surface area contributed by atoms with E-state index >= 15 is 0 Å². The van der Waals surface area contributed by atoms with E-state index in [1.807, 2.05) is 42.5 Å². The van der Waals surface area contributed by atoms with Gasteiger partial charge >= 0.3 is 0 Å². The van der Waals surface area contributed by atoms with Crippen LogP contribution in [-0.2, 0) is 27.8 Å². The molecule has 0 saturated heterocycles. The predicted molar refractivity (Wildman–Crippen MR) is 116 cm³/mol. The molecule has 0 radical (unpaired) electrons. The molecule has 0 unspecified atom stereocenters. The molecule has 2 aromatic rings. The summed E-state index contributed by atoms with van der Waals surface area (Å²) in [6, 6.07) is 13.0. The van der Waals surface area contributed by atoms with E-state index in [2.05, 4.69) is 4.72 Å². The maximum absolute atomic E-state index is 12.6. The summed E-state index contributed by atoms with van der Waals surface area (Å²) in [5, 5.41) is 1.11. The minimum absolute atomic E-state index is 0.0512. The number of benzene rings is 2. The molecule has 1 aliphatic rings. The van der Waals surface area contributed by atoms with Gasteiger partial charge in [-0.2, -0.15) is 0 Å². The SMILES string of the molecule is COc1cc2c(cc1OC)CN(C(=O)CCNS(=O)(=O)/C=C/c1ccccc1)CC2. The summed E-state index contributed by atoms with van der Waals surface area (Å²) in [4.78, 5) is 14.3. The zero-order chi connectivity index (χ0) is 21.6. The molecule has 1 aliphatic heterocycles. The summed E-state index contributed by atoms with van der Waals surface area (Å²) in [5.41, 5.74) is 2.93. The highest BCUT2D eigenvalue weighted by Crippen LogP contribution is 2.33. The van der Waals surface area contributed by atoms with Crippen LogP contribution in [0.3, 0.4) is 0 Å². The lowest BCUT2D eigenvalue weighted by molar-refractivity contribution is -0.131. The fraction of sp³-hybridized carbons (Fsp3) is 0.318. The van der Waals surface area contributed by atoms with Crippen LogP contribution in [0.25, 0.3) is 6.08 Å². The highest BCUT2D eigenvalue weighted by Gasteiger charge is 2.22. The average Bonchev–Trinajstić information content (AvgIpc) is 2.76. The molecule has 8 heteroatoms. The number of hydrogen-bond acceptors (Lipinski definition) is 5. The molecule has 1 amide bonds. The Hall–Kier alpha value is -2.84. The molecule has 1 N–H and O–H groups in total. The second kappa shape index (κ2) is 9.77. The van der Waals surface area contributed by atoms with Gasteiger partial charge < -0.3 is 14.4 Å². The molecule has 2 aromatic carbocycles. The molecular formula is C22H26N2O5S. The minimum Gasteiger partial charge on any atom is -0.493 e. The number of nitrogens with zero attached hydrogens (tertiary/aromatic N) is 1. The van der Waals surface area contributed by atoms with Gasteiger partial charge in [-0.3, -0.25) is 4.79 Å². The third-order valence-corrected chi connectivity index (χ3v) is 6.05. The van der Waals surface area contributed by atoms with Crippen LogP contribution in [0.2, 0.25) is 0 Å². The smallest absolute Gasteiger partial charge is 0.233 e. The van der Waals surface area contributed by atoms with Crippen molar-refractivity contribution in [2.45, 2.75) is 19.4 Å². The Labute approximate surface area is 177 Å². The summed E-state index contributed by atoms with van der Waals surface area (Å²) in [6.07, 6.45) is 2.33. The summed E-state index contributed by atoms with van der Waals surface area (Å²) in [6.45, 7) is 1.10. The Balaban J connectivity index is 1.54. The van der Waals surface area contributed by atoms with Crippen molar-refractivity contribution >= 4 is 22.0 Å². The Bertz CT molecular complexity index is 1020. The van der Waals surface area contributed by atoms with Gasteiger partial charge in [0.15, 0.2) is 11.5 Å². The normalized spacial score (nSPS) is 13.9. The first-order valence-corrected chi connectivity index (χ1v) is 11.2. The first-order chi connectivity index (χ1) is 14.4. The maximum Gasteiger partial charge on any atom is 0.233 e. The van der Waals surface area contributed by atoms with Crippen molar-refractivity contribution in [3.63, 3.8) is 0 Å². The number of sulfonamides is 1. The monoisotopic (exact) mass is 430 g/mol. The van der Waals surface area contributed by atoms with E-state index in [9.17, 15) is 13.2 Å². The standard InChI is InChI=1S/C22H26N2O5S/c1-28-20-14-18-9-12-24(16-19(18)15-21(20)29-2)22(25)8-11-23-30(26,27)13-10-17-6-4-3-5-7-17/h3-7,10,13-15,23H,8-9,11-12,16H2,1-2H3/b13-10+. The second-order valence-electron chi connectivity index (χ2n) is 6.94. The number of rotatable bonds is 8. The van der Waals surface area contributed by atoms with Crippen molar-refractivity contribution in [3.8, 4) is 11.5 Å². The van der Waals surface area contributed by atoms with E-state index in [1.54, 1.807) is 19.1 Å². The van der Waals surface area contributed by atoms with Crippen LogP contribution in [0.4, 0.5) is 0 Å². The van der Waals surface area contributed by atoms with Gasteiger partial charge in [0.05, 0.1) is 14.2 Å². The van der Waals surface area contributed by atoms with Gasteiger partial charge in [-0.05, 0) is 41.3 Å². The van der Waals surface area contributed by atoms with Crippen molar-refractivity contribution in [3.05, 3.63) is 64.6 Å². The quantitative estimate of drug-likeness (QED) is 0.696. The number of methoxy groups -OCH3 is 2. The van der Waals surface area contributed by atoms with Gasteiger partial charge in [0.25, 0.3) is 0 Å². The predicted octanol–water partition coefficient (Wildman–Crippen LogP) is 2.57. The number of amides is 1. The van der Waals surface area contributed by atoms with Crippen molar-refractivity contribution in [1.29, 1.82) is 0 Å². The third kappa shape index (κ3) is 5.61. The molecule has 0 atom stereocenters. The summed E-state index contributed by atoms with van der Waals surface area (Å²) >= 11 is 0. The highest BCUT2D eigenvalue weighted by atomic mass is 32.2. The molecule has 7 nitrogen and oxygen atoms in total. The van der Waals surface area contributed by atoms with Crippen LogP contribution in [0, 0.1) is 0 Å². The largest absolute Gasteiger partial charge is 0.493 e. The second-order valence-corrected chi connectivity index (χ2v) is 8.59. The van der Waals surface area contributed by atoms with E-state index in [1.165, 1.54) is 6.08 Å². The maximum atomic E-state index is 12.6. The Morgan fingerprint density at radius 3 is 2.43 bits per heavy atom. The van der Waals surface area contributed by atoms with Gasteiger partial charge in [0, 0.05) is 31.5 Å². The molecule has 0 fully saturated rings. The minimum atomic E-state index is -3.60. The molecule has 0 spiro atoms. The van der Waals surface area contributed by atoms with Crippen LogP contribution in [-0.4, -0.2) is 46.5 Å². The molecule has 1 heterocycles. The Kier molecular flexibility index (Phi) is 7.12. The van der Waals surface area contributed by atoms with Crippen molar-refractivity contribution in [2.24, 2.45) is 0 Å². The van der Waals surface area contributed by atoms with E-state index < -0.39 is 10.0 Å². The van der Waals surface area contributed by atoms with E-state index in [4.69, 9.17) is 9.47 Å². The summed E-state index contributed by atoms with van der Waals surface area (Å²) in [5.74, 6) is 1.21. The molecule has 0 aromatic heterocycles. The number of fused-ring (bicyclic) bond motifs is 1. The Morgan fingerprint density at radius 2 is 1.77 bits per heavy atom. The first-order valence-electron chi connectivity index (χ1n) is 9.66.